The van der Waals surface area contributed by atoms with Gasteiger partial charge >= 0.3 is 0 Å². The van der Waals surface area contributed by atoms with Gasteiger partial charge in [0, 0.05) is 4.47 Å². The minimum atomic E-state index is 0.189. The average molecular weight is 265 g/mol. The van der Waals surface area contributed by atoms with Gasteiger partial charge in [0.25, 0.3) is 0 Å². The largest absolute Gasteiger partial charge is 0.506 e. The van der Waals surface area contributed by atoms with Crippen LogP contribution in [0.25, 0.3) is 0 Å². The van der Waals surface area contributed by atoms with Crippen LogP contribution in [0.5, 0.6) is 5.75 Å². The summed E-state index contributed by atoms with van der Waals surface area (Å²) in [6.45, 7) is 3.62. The van der Waals surface area contributed by atoms with E-state index < -0.39 is 0 Å². The zero-order chi connectivity index (χ0) is 7.72. The second-order valence-electron chi connectivity index (χ2n) is 1.87. The van der Waals surface area contributed by atoms with Crippen LogP contribution in [-0.4, -0.2) is 5.11 Å². The Hall–Kier alpha value is -0.0200. The summed E-state index contributed by atoms with van der Waals surface area (Å²) in [7, 11) is 0. The number of hydrogen-bond acceptors (Lipinski definition) is 1. The predicted molar refractivity (Wildman–Crippen MR) is 48.0 cm³/mol. The molecule has 0 aromatic heterocycles. The summed E-state index contributed by atoms with van der Waals surface area (Å²) in [6.07, 6.45) is 0. The molecule has 3 heteroatoms. The van der Waals surface area contributed by atoms with Crippen molar-refractivity contribution < 1.29 is 5.11 Å². The normalized spacial score (nSPS) is 9.90. The molecule has 53 valence electrons. The third-order valence-corrected chi connectivity index (χ3v) is 3.15. The lowest BCUT2D eigenvalue weighted by Gasteiger charge is -2.01. The summed E-state index contributed by atoms with van der Waals surface area (Å²) in [4.78, 5) is 0. The molecule has 0 bridgehead atoms. The summed E-state index contributed by atoms with van der Waals surface area (Å²) in [6, 6.07) is 3.57. The van der Waals surface area contributed by atoms with Crippen LogP contribution in [0.15, 0.2) is 21.1 Å². The van der Waals surface area contributed by atoms with Gasteiger partial charge in [0.2, 0.25) is 0 Å². The van der Waals surface area contributed by atoms with Gasteiger partial charge in [-0.3, -0.25) is 0 Å². The van der Waals surface area contributed by atoms with Gasteiger partial charge in [0.05, 0.1) is 4.47 Å². The van der Waals surface area contributed by atoms with E-state index in [9.17, 15) is 5.11 Å². The van der Waals surface area contributed by atoms with Crippen LogP contribution in [0.3, 0.4) is 0 Å². The Labute approximate surface area is 76.3 Å². The standard InChI is InChI=1S/C7H5Br2O/c1-4-2-3-5(8)6(9)7(4)10/h2-3,10H,1H2. The second kappa shape index (κ2) is 2.93. The molecule has 0 aliphatic carbocycles. The molecule has 10 heavy (non-hydrogen) atoms. The fraction of sp³-hybridized carbons (Fsp3) is 0. The minimum Gasteiger partial charge on any atom is -0.506 e. The van der Waals surface area contributed by atoms with Crippen molar-refractivity contribution in [3.05, 3.63) is 33.6 Å². The molecule has 0 saturated carbocycles. The first-order valence-electron chi connectivity index (χ1n) is 2.62. The Bertz CT molecular complexity index is 231. The number of halogens is 2. The van der Waals surface area contributed by atoms with Crippen LogP contribution >= 0.6 is 31.9 Å². The lowest BCUT2D eigenvalue weighted by molar-refractivity contribution is 0.469. The summed E-state index contributed by atoms with van der Waals surface area (Å²) >= 11 is 6.44. The van der Waals surface area contributed by atoms with Crippen molar-refractivity contribution in [2.24, 2.45) is 0 Å². The average Bonchev–Trinajstić information content (AvgIpc) is 1.93. The van der Waals surface area contributed by atoms with Crippen molar-refractivity contribution >= 4 is 31.9 Å². The molecule has 0 amide bonds. The Morgan fingerprint density at radius 3 is 2.40 bits per heavy atom. The molecule has 1 N–H and O–H groups in total. The Balaban J connectivity index is 3.34. The first-order chi connectivity index (χ1) is 4.63. The lowest BCUT2D eigenvalue weighted by atomic mass is 10.2. The number of aromatic hydroxyl groups is 1. The fourth-order valence-corrected chi connectivity index (χ4v) is 1.29. The molecule has 0 aliphatic rings. The third kappa shape index (κ3) is 1.35. The minimum absolute atomic E-state index is 0.189. The molecule has 1 aromatic rings. The van der Waals surface area contributed by atoms with Gasteiger partial charge in [-0.15, -0.1) is 0 Å². The fourth-order valence-electron chi connectivity index (χ4n) is 0.580. The quantitative estimate of drug-likeness (QED) is 0.764. The van der Waals surface area contributed by atoms with Crippen LogP contribution < -0.4 is 0 Å². The number of hydrogen-bond donors (Lipinski definition) is 1. The van der Waals surface area contributed by atoms with E-state index in [-0.39, 0.29) is 5.75 Å². The van der Waals surface area contributed by atoms with E-state index in [1.807, 2.05) is 6.07 Å². The highest BCUT2D eigenvalue weighted by Crippen LogP contribution is 2.33. The van der Waals surface area contributed by atoms with Gasteiger partial charge in [0.15, 0.2) is 0 Å². The van der Waals surface area contributed by atoms with Crippen LogP contribution in [0.4, 0.5) is 0 Å². The van der Waals surface area contributed by atoms with Crippen molar-refractivity contribution in [2.75, 3.05) is 0 Å². The van der Waals surface area contributed by atoms with E-state index in [0.29, 0.717) is 10.0 Å². The predicted octanol–water partition coefficient (Wildman–Crippen LogP) is 3.10. The van der Waals surface area contributed by atoms with Crippen LogP contribution in [0, 0.1) is 6.92 Å². The van der Waals surface area contributed by atoms with Gasteiger partial charge in [-0.2, -0.15) is 0 Å². The Morgan fingerprint density at radius 1 is 1.30 bits per heavy atom. The Kier molecular flexibility index (Phi) is 2.36. The van der Waals surface area contributed by atoms with Crippen molar-refractivity contribution in [1.29, 1.82) is 0 Å². The number of phenolic OH excluding ortho intramolecular Hbond substituents is 1. The van der Waals surface area contributed by atoms with Crippen LogP contribution in [0.1, 0.15) is 5.56 Å². The summed E-state index contributed by atoms with van der Waals surface area (Å²) in [5, 5.41) is 9.25. The zero-order valence-corrected chi connectivity index (χ0v) is 8.24. The van der Waals surface area contributed by atoms with Gasteiger partial charge < -0.3 is 5.11 Å². The molecule has 1 rings (SSSR count). The van der Waals surface area contributed by atoms with Crippen molar-refractivity contribution in [3.63, 3.8) is 0 Å². The first-order valence-corrected chi connectivity index (χ1v) is 4.20. The van der Waals surface area contributed by atoms with E-state index in [0.717, 1.165) is 4.47 Å². The van der Waals surface area contributed by atoms with Crippen LogP contribution in [0.2, 0.25) is 0 Å². The van der Waals surface area contributed by atoms with E-state index in [1.54, 1.807) is 6.07 Å². The second-order valence-corrected chi connectivity index (χ2v) is 3.52. The summed E-state index contributed by atoms with van der Waals surface area (Å²) in [5.41, 5.74) is 0.620. The zero-order valence-electron chi connectivity index (χ0n) is 5.06. The van der Waals surface area contributed by atoms with Gasteiger partial charge in [-0.05, 0) is 50.4 Å². The number of rotatable bonds is 0. The molecule has 0 aliphatic heterocycles. The molecule has 0 fully saturated rings. The number of benzene rings is 1. The van der Waals surface area contributed by atoms with E-state index in [1.165, 1.54) is 0 Å². The molecule has 0 spiro atoms. The summed E-state index contributed by atoms with van der Waals surface area (Å²) in [5.74, 6) is 0.189. The lowest BCUT2D eigenvalue weighted by Crippen LogP contribution is -1.76. The van der Waals surface area contributed by atoms with E-state index in [2.05, 4.69) is 38.8 Å². The molecule has 1 nitrogen and oxygen atoms in total. The highest BCUT2D eigenvalue weighted by Gasteiger charge is 2.03. The third-order valence-electron chi connectivity index (χ3n) is 1.15. The summed E-state index contributed by atoms with van der Waals surface area (Å²) < 4.78 is 1.48. The van der Waals surface area contributed by atoms with Crippen LogP contribution in [-0.2, 0) is 0 Å². The monoisotopic (exact) mass is 263 g/mol. The topological polar surface area (TPSA) is 20.2 Å². The first kappa shape index (κ1) is 8.08. The van der Waals surface area contributed by atoms with Gasteiger partial charge in [-0.25, -0.2) is 0 Å². The van der Waals surface area contributed by atoms with E-state index >= 15 is 0 Å². The van der Waals surface area contributed by atoms with Crippen molar-refractivity contribution in [2.45, 2.75) is 0 Å². The van der Waals surface area contributed by atoms with Gasteiger partial charge in [-0.1, -0.05) is 6.07 Å². The molecule has 1 aromatic carbocycles. The Morgan fingerprint density at radius 2 is 1.90 bits per heavy atom. The highest BCUT2D eigenvalue weighted by atomic mass is 79.9. The molecular formula is C7H5Br2O. The number of phenols is 1. The van der Waals surface area contributed by atoms with E-state index in [4.69, 9.17) is 0 Å². The van der Waals surface area contributed by atoms with Gasteiger partial charge in [0.1, 0.15) is 5.75 Å². The molecule has 1 radical (unpaired) electrons. The highest BCUT2D eigenvalue weighted by molar-refractivity contribution is 9.13. The molecule has 0 atom stereocenters. The maximum atomic E-state index is 9.25. The van der Waals surface area contributed by atoms with Crippen molar-refractivity contribution in [3.8, 4) is 5.75 Å². The SMILES string of the molecule is [CH2]c1ccc(Br)c(Br)c1O. The van der Waals surface area contributed by atoms with Crippen molar-refractivity contribution in [1.82, 2.24) is 0 Å². The maximum Gasteiger partial charge on any atom is 0.134 e. The molecular weight excluding hydrogens is 260 g/mol. The molecule has 0 saturated heterocycles. The molecule has 0 heterocycles. The smallest absolute Gasteiger partial charge is 0.134 e. The molecule has 0 unspecified atom stereocenters. The maximum absolute atomic E-state index is 9.25.